The molecule has 1 aliphatic rings. The average Bonchev–Trinajstić information content (AvgIpc) is 2.75. The SMILES string of the molecule is CC1SCCN(c2nc3ccc(N)cc3s2)C1C. The van der Waals surface area contributed by atoms with Crippen molar-refractivity contribution in [1.29, 1.82) is 0 Å². The Bertz CT molecular complexity index is 566. The van der Waals surface area contributed by atoms with Crippen molar-refractivity contribution in [1.82, 2.24) is 4.98 Å². The van der Waals surface area contributed by atoms with E-state index in [4.69, 9.17) is 10.7 Å². The zero-order valence-electron chi connectivity index (χ0n) is 10.6. The van der Waals surface area contributed by atoms with Gasteiger partial charge in [-0.2, -0.15) is 11.8 Å². The summed E-state index contributed by atoms with van der Waals surface area (Å²) in [7, 11) is 0. The van der Waals surface area contributed by atoms with Crippen molar-refractivity contribution in [3.63, 3.8) is 0 Å². The molecule has 1 aromatic heterocycles. The van der Waals surface area contributed by atoms with Crippen LogP contribution in [0.1, 0.15) is 13.8 Å². The van der Waals surface area contributed by atoms with Gasteiger partial charge in [-0.05, 0) is 25.1 Å². The zero-order valence-corrected chi connectivity index (χ0v) is 12.2. The van der Waals surface area contributed by atoms with Gasteiger partial charge in [-0.1, -0.05) is 18.3 Å². The Morgan fingerprint density at radius 2 is 2.22 bits per heavy atom. The van der Waals surface area contributed by atoms with Crippen LogP contribution in [0.3, 0.4) is 0 Å². The van der Waals surface area contributed by atoms with Gasteiger partial charge in [0, 0.05) is 29.3 Å². The average molecular weight is 279 g/mol. The number of fused-ring (bicyclic) bond motifs is 1. The van der Waals surface area contributed by atoms with Crippen LogP contribution >= 0.6 is 23.1 Å². The minimum absolute atomic E-state index is 0.543. The van der Waals surface area contributed by atoms with Gasteiger partial charge in [-0.15, -0.1) is 0 Å². The topological polar surface area (TPSA) is 42.2 Å². The summed E-state index contributed by atoms with van der Waals surface area (Å²) in [5.41, 5.74) is 7.69. The highest BCUT2D eigenvalue weighted by Gasteiger charge is 2.27. The molecule has 0 amide bonds. The number of rotatable bonds is 1. The van der Waals surface area contributed by atoms with Crippen molar-refractivity contribution in [3.8, 4) is 0 Å². The Morgan fingerprint density at radius 3 is 3.06 bits per heavy atom. The standard InChI is InChI=1S/C13H17N3S2/c1-8-9(2)17-6-5-16(8)13-15-11-4-3-10(14)7-12(11)18-13/h3-4,7-9H,5-6,14H2,1-2H3. The number of hydrogen-bond donors (Lipinski definition) is 1. The van der Waals surface area contributed by atoms with Crippen molar-refractivity contribution < 1.29 is 0 Å². The summed E-state index contributed by atoms with van der Waals surface area (Å²) in [6, 6.07) is 6.49. The van der Waals surface area contributed by atoms with Crippen LogP contribution in [0.4, 0.5) is 10.8 Å². The molecule has 2 N–H and O–H groups in total. The van der Waals surface area contributed by atoms with E-state index in [2.05, 4.69) is 18.7 Å². The van der Waals surface area contributed by atoms with Gasteiger partial charge in [-0.25, -0.2) is 4.98 Å². The van der Waals surface area contributed by atoms with Crippen LogP contribution in [-0.4, -0.2) is 28.6 Å². The molecule has 1 fully saturated rings. The number of nitrogens with two attached hydrogens (primary N) is 1. The second-order valence-corrected chi connectivity index (χ2v) is 7.23. The van der Waals surface area contributed by atoms with Crippen molar-refractivity contribution in [2.45, 2.75) is 25.1 Å². The van der Waals surface area contributed by atoms with E-state index in [0.29, 0.717) is 11.3 Å². The third kappa shape index (κ3) is 2.06. The third-order valence-electron chi connectivity index (χ3n) is 3.53. The van der Waals surface area contributed by atoms with Gasteiger partial charge in [0.15, 0.2) is 5.13 Å². The van der Waals surface area contributed by atoms with Crippen molar-refractivity contribution in [3.05, 3.63) is 18.2 Å². The predicted octanol–water partition coefficient (Wildman–Crippen LogP) is 3.21. The maximum Gasteiger partial charge on any atom is 0.186 e. The second-order valence-electron chi connectivity index (χ2n) is 4.73. The fourth-order valence-corrected chi connectivity index (χ4v) is 4.48. The van der Waals surface area contributed by atoms with Crippen LogP contribution < -0.4 is 10.6 Å². The Hall–Kier alpha value is -0.940. The maximum absolute atomic E-state index is 5.82. The number of thiazole rings is 1. The van der Waals surface area contributed by atoms with Crippen LogP contribution in [0, 0.1) is 0 Å². The number of nitrogens with zero attached hydrogens (tertiary/aromatic N) is 2. The molecule has 0 spiro atoms. The van der Waals surface area contributed by atoms with Gasteiger partial charge in [0.25, 0.3) is 0 Å². The number of hydrogen-bond acceptors (Lipinski definition) is 5. The Labute approximate surface area is 115 Å². The Morgan fingerprint density at radius 1 is 1.39 bits per heavy atom. The van der Waals surface area contributed by atoms with Gasteiger partial charge >= 0.3 is 0 Å². The summed E-state index contributed by atoms with van der Waals surface area (Å²) >= 11 is 3.80. The van der Waals surface area contributed by atoms with Gasteiger partial charge in [-0.3, -0.25) is 0 Å². The normalized spacial score (nSPS) is 24.7. The Kier molecular flexibility index (Phi) is 3.11. The quantitative estimate of drug-likeness (QED) is 0.814. The van der Waals surface area contributed by atoms with Gasteiger partial charge in [0.05, 0.1) is 10.2 Å². The number of aromatic nitrogens is 1. The van der Waals surface area contributed by atoms with E-state index in [-0.39, 0.29) is 0 Å². The minimum Gasteiger partial charge on any atom is -0.399 e. The fraction of sp³-hybridized carbons (Fsp3) is 0.462. The monoisotopic (exact) mass is 279 g/mol. The van der Waals surface area contributed by atoms with Gasteiger partial charge in [0.2, 0.25) is 0 Å². The molecule has 1 saturated heterocycles. The molecule has 2 aromatic rings. The molecule has 2 heterocycles. The van der Waals surface area contributed by atoms with Crippen LogP contribution in [-0.2, 0) is 0 Å². The summed E-state index contributed by atoms with van der Waals surface area (Å²) in [4.78, 5) is 7.17. The van der Waals surface area contributed by atoms with Gasteiger partial charge in [0.1, 0.15) is 0 Å². The maximum atomic E-state index is 5.82. The first kappa shape index (κ1) is 12.1. The lowest BCUT2D eigenvalue weighted by Gasteiger charge is -2.37. The molecule has 18 heavy (non-hydrogen) atoms. The molecular formula is C13H17N3S2. The van der Waals surface area contributed by atoms with Crippen LogP contribution in [0.15, 0.2) is 18.2 Å². The molecule has 0 aliphatic carbocycles. The van der Waals surface area contributed by atoms with E-state index < -0.39 is 0 Å². The van der Waals surface area contributed by atoms with Crippen LogP contribution in [0.25, 0.3) is 10.2 Å². The lowest BCUT2D eigenvalue weighted by molar-refractivity contribution is 0.626. The van der Waals surface area contributed by atoms with Crippen LogP contribution in [0.5, 0.6) is 0 Å². The lowest BCUT2D eigenvalue weighted by Crippen LogP contribution is -2.44. The Balaban J connectivity index is 1.98. The molecule has 0 saturated carbocycles. The molecule has 96 valence electrons. The first-order chi connectivity index (χ1) is 8.65. The summed E-state index contributed by atoms with van der Waals surface area (Å²) in [6.45, 7) is 5.68. The van der Waals surface area contributed by atoms with E-state index >= 15 is 0 Å². The van der Waals surface area contributed by atoms with Crippen molar-refractivity contribution in [2.24, 2.45) is 0 Å². The highest BCUT2D eigenvalue weighted by molar-refractivity contribution is 8.00. The second kappa shape index (κ2) is 4.63. The lowest BCUT2D eigenvalue weighted by atomic mass is 10.2. The summed E-state index contributed by atoms with van der Waals surface area (Å²) in [5, 5.41) is 1.80. The van der Waals surface area contributed by atoms with Gasteiger partial charge < -0.3 is 10.6 Å². The first-order valence-electron chi connectivity index (χ1n) is 6.19. The van der Waals surface area contributed by atoms with E-state index in [1.165, 1.54) is 10.5 Å². The molecule has 3 nitrogen and oxygen atoms in total. The molecule has 2 unspecified atom stereocenters. The van der Waals surface area contributed by atoms with Crippen molar-refractivity contribution in [2.75, 3.05) is 22.9 Å². The number of nitrogen functional groups attached to an aromatic ring is 1. The smallest absolute Gasteiger partial charge is 0.186 e. The largest absolute Gasteiger partial charge is 0.399 e. The van der Waals surface area contributed by atoms with E-state index in [0.717, 1.165) is 22.9 Å². The predicted molar refractivity (Wildman–Crippen MR) is 82.8 cm³/mol. The molecule has 0 bridgehead atoms. The van der Waals surface area contributed by atoms with E-state index in [1.54, 1.807) is 11.3 Å². The highest BCUT2D eigenvalue weighted by Crippen LogP contribution is 2.35. The van der Waals surface area contributed by atoms with Crippen LogP contribution in [0.2, 0.25) is 0 Å². The molecule has 2 atom stereocenters. The summed E-state index contributed by atoms with van der Waals surface area (Å²) < 4.78 is 1.18. The third-order valence-corrected chi connectivity index (χ3v) is 5.92. The van der Waals surface area contributed by atoms with E-state index in [1.807, 2.05) is 30.0 Å². The zero-order chi connectivity index (χ0) is 12.7. The van der Waals surface area contributed by atoms with E-state index in [9.17, 15) is 0 Å². The summed E-state index contributed by atoms with van der Waals surface area (Å²) in [6.07, 6.45) is 0. The minimum atomic E-state index is 0.543. The molecule has 1 aromatic carbocycles. The molecular weight excluding hydrogens is 262 g/mol. The number of thioether (sulfide) groups is 1. The van der Waals surface area contributed by atoms with Crippen molar-refractivity contribution >= 4 is 44.1 Å². The molecule has 1 aliphatic heterocycles. The molecule has 3 rings (SSSR count). The number of anilines is 2. The fourth-order valence-electron chi connectivity index (χ4n) is 2.25. The molecule has 5 heteroatoms. The number of benzene rings is 1. The first-order valence-corrected chi connectivity index (χ1v) is 8.06. The molecule has 0 radical (unpaired) electrons. The highest BCUT2D eigenvalue weighted by atomic mass is 32.2. The summed E-state index contributed by atoms with van der Waals surface area (Å²) in [5.74, 6) is 1.18.